The molecule has 0 aliphatic carbocycles. The van der Waals surface area contributed by atoms with Crippen LogP contribution in [0.15, 0.2) is 18.2 Å². The number of carbonyl (C=O) groups is 1. The molecule has 0 radical (unpaired) electrons. The van der Waals surface area contributed by atoms with E-state index in [1.54, 1.807) is 0 Å². The molecule has 114 valence electrons. The zero-order chi connectivity index (χ0) is 15.5. The number of nitro benzene ring substituents is 1. The van der Waals surface area contributed by atoms with Gasteiger partial charge in [0.2, 0.25) is 0 Å². The number of carbonyl (C=O) groups excluding carboxylic acids is 1. The van der Waals surface area contributed by atoms with Crippen LogP contribution in [0.3, 0.4) is 0 Å². The minimum Gasteiger partial charge on any atom is -0.351 e. The number of hydrogen-bond donors (Lipinski definition) is 2. The topological polar surface area (TPSA) is 84.3 Å². The first-order valence-electron chi connectivity index (χ1n) is 6.84. The fourth-order valence-corrected chi connectivity index (χ4v) is 2.40. The summed E-state index contributed by atoms with van der Waals surface area (Å²) < 4.78 is 13.7. The van der Waals surface area contributed by atoms with Gasteiger partial charge in [-0.1, -0.05) is 6.92 Å². The van der Waals surface area contributed by atoms with Gasteiger partial charge >= 0.3 is 0 Å². The molecule has 0 atom stereocenters. The molecule has 1 aromatic carbocycles. The minimum absolute atomic E-state index is 0.0297. The molecule has 0 unspecified atom stereocenters. The van der Waals surface area contributed by atoms with Gasteiger partial charge in [0.05, 0.1) is 10.5 Å². The van der Waals surface area contributed by atoms with E-state index in [2.05, 4.69) is 17.6 Å². The minimum atomic E-state index is -0.756. The van der Waals surface area contributed by atoms with Crippen LogP contribution in [0.2, 0.25) is 0 Å². The molecular weight excluding hydrogens is 277 g/mol. The second-order valence-electron chi connectivity index (χ2n) is 5.66. The number of non-ortho nitro benzene ring substituents is 1. The van der Waals surface area contributed by atoms with E-state index in [1.807, 2.05) is 0 Å². The fourth-order valence-electron chi connectivity index (χ4n) is 2.40. The molecule has 7 heteroatoms. The Labute approximate surface area is 121 Å². The molecule has 0 spiro atoms. The fraction of sp³-hybridized carbons (Fsp3) is 0.500. The number of nitrogens with zero attached hydrogens (tertiary/aromatic N) is 1. The van der Waals surface area contributed by atoms with Crippen molar-refractivity contribution >= 4 is 11.6 Å². The van der Waals surface area contributed by atoms with Gasteiger partial charge in [-0.2, -0.15) is 0 Å². The summed E-state index contributed by atoms with van der Waals surface area (Å²) in [4.78, 5) is 22.1. The smallest absolute Gasteiger partial charge is 0.270 e. The molecule has 1 fully saturated rings. The van der Waals surface area contributed by atoms with E-state index in [1.165, 1.54) is 0 Å². The SMILES string of the molecule is CC1(CNC(=O)c2cc([N+](=O)[O-])ccc2F)CCNCC1. The van der Waals surface area contributed by atoms with E-state index in [0.717, 1.165) is 44.1 Å². The summed E-state index contributed by atoms with van der Waals surface area (Å²) >= 11 is 0. The van der Waals surface area contributed by atoms with Crippen LogP contribution < -0.4 is 10.6 Å². The summed E-state index contributed by atoms with van der Waals surface area (Å²) in [5, 5.41) is 16.6. The van der Waals surface area contributed by atoms with Gasteiger partial charge in [-0.05, 0) is 37.4 Å². The van der Waals surface area contributed by atoms with Gasteiger partial charge in [0.25, 0.3) is 11.6 Å². The van der Waals surface area contributed by atoms with Gasteiger partial charge in [-0.3, -0.25) is 14.9 Å². The van der Waals surface area contributed by atoms with Crippen LogP contribution in [0.5, 0.6) is 0 Å². The molecule has 0 bridgehead atoms. The maximum Gasteiger partial charge on any atom is 0.270 e. The van der Waals surface area contributed by atoms with Crippen molar-refractivity contribution in [1.29, 1.82) is 0 Å². The van der Waals surface area contributed by atoms with E-state index in [0.29, 0.717) is 6.54 Å². The number of rotatable bonds is 4. The molecule has 1 amide bonds. The third kappa shape index (κ3) is 3.75. The number of hydrogen-bond acceptors (Lipinski definition) is 4. The Bertz CT molecular complexity index is 556. The highest BCUT2D eigenvalue weighted by molar-refractivity contribution is 5.95. The van der Waals surface area contributed by atoms with Crippen molar-refractivity contribution in [2.24, 2.45) is 5.41 Å². The Morgan fingerprint density at radius 1 is 1.48 bits per heavy atom. The molecule has 2 rings (SSSR count). The maximum atomic E-state index is 13.7. The number of halogens is 1. The van der Waals surface area contributed by atoms with Crippen LogP contribution in [-0.4, -0.2) is 30.5 Å². The van der Waals surface area contributed by atoms with Crippen LogP contribution in [0.4, 0.5) is 10.1 Å². The third-order valence-corrected chi connectivity index (χ3v) is 3.89. The highest BCUT2D eigenvalue weighted by Gasteiger charge is 2.27. The molecule has 0 saturated carbocycles. The van der Waals surface area contributed by atoms with Crippen molar-refractivity contribution in [3.8, 4) is 0 Å². The van der Waals surface area contributed by atoms with Gasteiger partial charge in [-0.25, -0.2) is 4.39 Å². The van der Waals surface area contributed by atoms with E-state index >= 15 is 0 Å². The molecule has 6 nitrogen and oxygen atoms in total. The number of nitro groups is 1. The molecule has 1 heterocycles. The lowest BCUT2D eigenvalue weighted by molar-refractivity contribution is -0.384. The molecule has 1 saturated heterocycles. The predicted molar refractivity (Wildman–Crippen MR) is 75.6 cm³/mol. The Kier molecular flexibility index (Phi) is 4.52. The summed E-state index contributed by atoms with van der Waals surface area (Å²) in [5.41, 5.74) is -0.616. The van der Waals surface area contributed by atoms with Crippen molar-refractivity contribution in [3.05, 3.63) is 39.7 Å². The number of nitrogens with one attached hydrogen (secondary N) is 2. The summed E-state index contributed by atoms with van der Waals surface area (Å²) in [5.74, 6) is -1.37. The second-order valence-corrected chi connectivity index (χ2v) is 5.66. The van der Waals surface area contributed by atoms with Gasteiger partial charge in [-0.15, -0.1) is 0 Å². The van der Waals surface area contributed by atoms with Crippen molar-refractivity contribution in [1.82, 2.24) is 10.6 Å². The molecule has 21 heavy (non-hydrogen) atoms. The van der Waals surface area contributed by atoms with Crippen LogP contribution in [0, 0.1) is 21.3 Å². The highest BCUT2D eigenvalue weighted by Crippen LogP contribution is 2.27. The van der Waals surface area contributed by atoms with Crippen molar-refractivity contribution in [3.63, 3.8) is 0 Å². The van der Waals surface area contributed by atoms with Crippen LogP contribution in [-0.2, 0) is 0 Å². The number of amides is 1. The molecule has 1 aliphatic heterocycles. The lowest BCUT2D eigenvalue weighted by Gasteiger charge is -2.34. The Hall–Kier alpha value is -2.02. The first-order valence-corrected chi connectivity index (χ1v) is 6.84. The average molecular weight is 295 g/mol. The standard InChI is InChI=1S/C14H18FN3O3/c1-14(4-6-16-7-5-14)9-17-13(19)11-8-10(18(20)21)2-3-12(11)15/h2-3,8,16H,4-7,9H2,1H3,(H,17,19). The highest BCUT2D eigenvalue weighted by atomic mass is 19.1. The zero-order valence-electron chi connectivity index (χ0n) is 11.8. The van der Waals surface area contributed by atoms with Crippen LogP contribution in [0.1, 0.15) is 30.1 Å². The quantitative estimate of drug-likeness (QED) is 0.656. The number of piperidine rings is 1. The summed E-state index contributed by atoms with van der Waals surface area (Å²) in [6, 6.07) is 2.95. The zero-order valence-corrected chi connectivity index (χ0v) is 11.8. The predicted octanol–water partition coefficient (Wildman–Crippen LogP) is 1.85. The van der Waals surface area contributed by atoms with Gasteiger partial charge in [0.15, 0.2) is 0 Å². The largest absolute Gasteiger partial charge is 0.351 e. The molecule has 1 aromatic rings. The van der Waals surface area contributed by atoms with Gasteiger partial charge in [0, 0.05) is 18.7 Å². The Morgan fingerprint density at radius 3 is 2.76 bits per heavy atom. The lowest BCUT2D eigenvalue weighted by atomic mass is 9.81. The first kappa shape index (κ1) is 15.4. The normalized spacial score (nSPS) is 17.2. The van der Waals surface area contributed by atoms with Crippen LogP contribution in [0.25, 0.3) is 0 Å². The van der Waals surface area contributed by atoms with Crippen molar-refractivity contribution < 1.29 is 14.1 Å². The summed E-state index contributed by atoms with van der Waals surface area (Å²) in [7, 11) is 0. The number of benzene rings is 1. The second kappa shape index (κ2) is 6.17. The summed E-state index contributed by atoms with van der Waals surface area (Å²) in [6.45, 7) is 4.27. The monoisotopic (exact) mass is 295 g/mol. The van der Waals surface area contributed by atoms with E-state index < -0.39 is 16.6 Å². The summed E-state index contributed by atoms with van der Waals surface area (Å²) in [6.07, 6.45) is 1.84. The Morgan fingerprint density at radius 2 is 2.14 bits per heavy atom. The first-order chi connectivity index (χ1) is 9.91. The third-order valence-electron chi connectivity index (χ3n) is 3.89. The molecule has 1 aliphatic rings. The van der Waals surface area contributed by atoms with Crippen LogP contribution >= 0.6 is 0 Å². The lowest BCUT2D eigenvalue weighted by Crippen LogP contribution is -2.43. The molecule has 0 aromatic heterocycles. The van der Waals surface area contributed by atoms with Gasteiger partial charge in [0.1, 0.15) is 5.82 Å². The van der Waals surface area contributed by atoms with Crippen molar-refractivity contribution in [2.75, 3.05) is 19.6 Å². The van der Waals surface area contributed by atoms with E-state index in [-0.39, 0.29) is 16.7 Å². The maximum absolute atomic E-state index is 13.7. The molecule has 2 N–H and O–H groups in total. The molecular formula is C14H18FN3O3. The van der Waals surface area contributed by atoms with Gasteiger partial charge < -0.3 is 10.6 Å². The average Bonchev–Trinajstić information content (AvgIpc) is 2.46. The Balaban J connectivity index is 2.06. The van der Waals surface area contributed by atoms with E-state index in [9.17, 15) is 19.3 Å². The van der Waals surface area contributed by atoms with Crippen molar-refractivity contribution in [2.45, 2.75) is 19.8 Å². The van der Waals surface area contributed by atoms with E-state index in [4.69, 9.17) is 0 Å².